The van der Waals surface area contributed by atoms with Crippen molar-refractivity contribution >= 4 is 44.6 Å². The molecule has 0 fully saturated rings. The fourth-order valence-corrected chi connectivity index (χ4v) is 5.12. The standard InChI is InChI=1S/C24H22BrClN2O3/c1-2-13(24(29)30)5-3-6-14-9-10-15-17(14)11-20-22(18(15)12-27)31-23(28-20)16-7-4-8-19(25)21(16)26/h4,7-8,11,13-14H,2-3,5-6,9-10H2,1H3,(H,29,30)/t13-,14+/m0/s1. The van der Waals surface area contributed by atoms with Crippen LogP contribution in [0.25, 0.3) is 22.6 Å². The molecular weight excluding hydrogens is 480 g/mol. The molecule has 160 valence electrons. The highest BCUT2D eigenvalue weighted by atomic mass is 79.9. The van der Waals surface area contributed by atoms with Crippen molar-refractivity contribution in [3.8, 4) is 17.5 Å². The lowest BCUT2D eigenvalue weighted by Crippen LogP contribution is -2.12. The fraction of sp³-hybridized carbons (Fsp3) is 0.375. The maximum absolute atomic E-state index is 11.3. The van der Waals surface area contributed by atoms with Gasteiger partial charge >= 0.3 is 5.97 Å². The van der Waals surface area contributed by atoms with Crippen molar-refractivity contribution in [1.29, 1.82) is 5.26 Å². The Balaban J connectivity index is 1.66. The largest absolute Gasteiger partial charge is 0.481 e. The van der Waals surface area contributed by atoms with Gasteiger partial charge in [0.2, 0.25) is 5.89 Å². The lowest BCUT2D eigenvalue weighted by molar-refractivity contribution is -0.142. The molecule has 2 aromatic carbocycles. The van der Waals surface area contributed by atoms with Crippen molar-refractivity contribution in [3.05, 3.63) is 50.5 Å². The predicted octanol–water partition coefficient (Wildman–Crippen LogP) is 7.09. The first-order chi connectivity index (χ1) is 14.9. The van der Waals surface area contributed by atoms with E-state index in [0.717, 1.165) is 41.3 Å². The van der Waals surface area contributed by atoms with Gasteiger partial charge in [0.05, 0.1) is 16.5 Å². The predicted molar refractivity (Wildman–Crippen MR) is 123 cm³/mol. The van der Waals surface area contributed by atoms with E-state index < -0.39 is 5.97 Å². The fourth-order valence-electron chi connectivity index (χ4n) is 4.55. The van der Waals surface area contributed by atoms with Gasteiger partial charge in [-0.05, 0) is 83.3 Å². The molecular formula is C24H22BrClN2O3. The van der Waals surface area contributed by atoms with Gasteiger partial charge < -0.3 is 9.52 Å². The molecule has 0 saturated carbocycles. The summed E-state index contributed by atoms with van der Waals surface area (Å²) < 4.78 is 6.78. The van der Waals surface area contributed by atoms with Crippen LogP contribution in [0.3, 0.4) is 0 Å². The number of aliphatic carboxylic acids is 1. The first kappa shape index (κ1) is 21.9. The van der Waals surface area contributed by atoms with Crippen molar-refractivity contribution in [3.63, 3.8) is 0 Å². The highest BCUT2D eigenvalue weighted by Crippen LogP contribution is 2.43. The Kier molecular flexibility index (Phi) is 6.36. The van der Waals surface area contributed by atoms with Gasteiger partial charge in [-0.25, -0.2) is 4.98 Å². The maximum atomic E-state index is 11.3. The second kappa shape index (κ2) is 9.02. The zero-order valence-corrected chi connectivity index (χ0v) is 19.5. The number of nitrogens with zero attached hydrogens (tertiary/aromatic N) is 2. The number of rotatable bonds is 7. The lowest BCUT2D eigenvalue weighted by Gasteiger charge is -2.14. The molecule has 1 aliphatic rings. The van der Waals surface area contributed by atoms with E-state index in [1.165, 1.54) is 0 Å². The molecule has 1 aliphatic carbocycles. The Morgan fingerprint density at radius 3 is 3.00 bits per heavy atom. The molecule has 5 nitrogen and oxygen atoms in total. The van der Waals surface area contributed by atoms with Crippen molar-refractivity contribution < 1.29 is 14.3 Å². The summed E-state index contributed by atoms with van der Waals surface area (Å²) in [6, 6.07) is 9.92. The number of hydrogen-bond acceptors (Lipinski definition) is 4. The zero-order chi connectivity index (χ0) is 22.1. The van der Waals surface area contributed by atoms with E-state index >= 15 is 0 Å². The topological polar surface area (TPSA) is 87.1 Å². The number of fused-ring (bicyclic) bond motifs is 2. The minimum Gasteiger partial charge on any atom is -0.481 e. The minimum absolute atomic E-state index is 0.286. The van der Waals surface area contributed by atoms with E-state index in [2.05, 4.69) is 27.0 Å². The molecule has 31 heavy (non-hydrogen) atoms. The van der Waals surface area contributed by atoms with E-state index in [0.29, 0.717) is 51.9 Å². The quantitative estimate of drug-likeness (QED) is 0.373. The average molecular weight is 502 g/mol. The molecule has 0 bridgehead atoms. The molecule has 1 aromatic heterocycles. The van der Waals surface area contributed by atoms with Gasteiger partial charge in [0.25, 0.3) is 0 Å². The Hall–Kier alpha value is -2.36. The smallest absolute Gasteiger partial charge is 0.306 e. The number of nitriles is 1. The van der Waals surface area contributed by atoms with E-state index in [1.54, 1.807) is 0 Å². The first-order valence-corrected chi connectivity index (χ1v) is 11.6. The van der Waals surface area contributed by atoms with E-state index in [1.807, 2.05) is 31.2 Å². The number of aromatic nitrogens is 1. The molecule has 3 aromatic rings. The van der Waals surface area contributed by atoms with Crippen LogP contribution in [0, 0.1) is 17.2 Å². The minimum atomic E-state index is -0.718. The molecule has 4 rings (SSSR count). The van der Waals surface area contributed by atoms with Gasteiger partial charge in [0, 0.05) is 4.47 Å². The van der Waals surface area contributed by atoms with Crippen molar-refractivity contribution in [2.45, 2.75) is 51.4 Å². The number of hydrogen-bond donors (Lipinski definition) is 1. The monoisotopic (exact) mass is 500 g/mol. The van der Waals surface area contributed by atoms with E-state index in [9.17, 15) is 15.2 Å². The Bertz CT molecular complexity index is 1200. The Labute approximate surface area is 194 Å². The van der Waals surface area contributed by atoms with Crippen molar-refractivity contribution in [1.82, 2.24) is 4.98 Å². The van der Waals surface area contributed by atoms with Crippen LogP contribution in [0.4, 0.5) is 0 Å². The zero-order valence-electron chi connectivity index (χ0n) is 17.1. The summed E-state index contributed by atoms with van der Waals surface area (Å²) in [5.74, 6) is -0.298. The van der Waals surface area contributed by atoms with E-state index in [-0.39, 0.29) is 5.92 Å². The molecule has 0 amide bonds. The number of halogens is 2. The highest BCUT2D eigenvalue weighted by Gasteiger charge is 2.29. The van der Waals surface area contributed by atoms with Gasteiger partial charge in [-0.2, -0.15) is 5.26 Å². The average Bonchev–Trinajstić information content (AvgIpc) is 3.35. The highest BCUT2D eigenvalue weighted by molar-refractivity contribution is 9.10. The normalized spacial score (nSPS) is 16.3. The number of oxazole rings is 1. The molecule has 0 spiro atoms. The molecule has 2 atom stereocenters. The first-order valence-electron chi connectivity index (χ1n) is 10.5. The van der Waals surface area contributed by atoms with Crippen LogP contribution < -0.4 is 0 Å². The van der Waals surface area contributed by atoms with Crippen LogP contribution in [0.15, 0.2) is 33.2 Å². The van der Waals surface area contributed by atoms with Gasteiger partial charge in [0.1, 0.15) is 17.1 Å². The van der Waals surface area contributed by atoms with Gasteiger partial charge in [-0.1, -0.05) is 31.0 Å². The van der Waals surface area contributed by atoms with Crippen LogP contribution in [0.5, 0.6) is 0 Å². The maximum Gasteiger partial charge on any atom is 0.306 e. The summed E-state index contributed by atoms with van der Waals surface area (Å²) in [6.45, 7) is 1.92. The van der Waals surface area contributed by atoms with Crippen molar-refractivity contribution in [2.75, 3.05) is 0 Å². The third-order valence-electron chi connectivity index (χ3n) is 6.25. The number of carboxylic acids is 1. The van der Waals surface area contributed by atoms with Crippen LogP contribution in [0.2, 0.25) is 5.02 Å². The molecule has 7 heteroatoms. The summed E-state index contributed by atoms with van der Waals surface area (Å²) in [5, 5.41) is 19.7. The van der Waals surface area contributed by atoms with Gasteiger partial charge in [-0.3, -0.25) is 4.79 Å². The third-order valence-corrected chi connectivity index (χ3v) is 7.54. The number of benzene rings is 2. The second-order valence-corrected chi connectivity index (χ2v) is 9.24. The summed E-state index contributed by atoms with van der Waals surface area (Å²) in [4.78, 5) is 15.9. The van der Waals surface area contributed by atoms with Crippen LogP contribution in [0.1, 0.15) is 61.6 Å². The Morgan fingerprint density at radius 2 is 2.29 bits per heavy atom. The molecule has 0 saturated heterocycles. The molecule has 0 radical (unpaired) electrons. The summed E-state index contributed by atoms with van der Waals surface area (Å²) in [6.07, 6.45) is 4.88. The third kappa shape index (κ3) is 4.09. The molecule has 0 aliphatic heterocycles. The number of carbonyl (C=O) groups is 1. The summed E-state index contributed by atoms with van der Waals surface area (Å²) in [7, 11) is 0. The molecule has 1 heterocycles. The van der Waals surface area contributed by atoms with Gasteiger partial charge in [-0.15, -0.1) is 0 Å². The second-order valence-electron chi connectivity index (χ2n) is 8.01. The van der Waals surface area contributed by atoms with Crippen LogP contribution >= 0.6 is 27.5 Å². The summed E-state index contributed by atoms with van der Waals surface area (Å²) in [5.41, 5.74) is 4.57. The van der Waals surface area contributed by atoms with Crippen molar-refractivity contribution in [2.24, 2.45) is 5.92 Å². The van der Waals surface area contributed by atoms with E-state index in [4.69, 9.17) is 16.0 Å². The molecule has 1 N–H and O–H groups in total. The Morgan fingerprint density at radius 1 is 1.48 bits per heavy atom. The summed E-state index contributed by atoms with van der Waals surface area (Å²) >= 11 is 9.84. The van der Waals surface area contributed by atoms with Crippen LogP contribution in [-0.2, 0) is 11.2 Å². The van der Waals surface area contributed by atoms with Gasteiger partial charge in [0.15, 0.2) is 5.58 Å². The number of carboxylic acid groups (broad SMARTS) is 1. The SMILES string of the molecule is CC[C@@H](CCC[C@@H]1CCc2c1cc1nc(-c3cccc(Br)c3Cl)oc1c2C#N)C(=O)O. The van der Waals surface area contributed by atoms with Crippen LogP contribution in [-0.4, -0.2) is 16.1 Å². The molecule has 0 unspecified atom stereocenters. The lowest BCUT2D eigenvalue weighted by atomic mass is 9.91.